The Kier molecular flexibility index (Phi) is 8.37. The molecule has 3 aromatic rings. The summed E-state index contributed by atoms with van der Waals surface area (Å²) in [5, 5.41) is 17.7. The Bertz CT molecular complexity index is 1230. The molecule has 4 rings (SSSR count). The Hall–Kier alpha value is -3.95. The van der Waals surface area contributed by atoms with Gasteiger partial charge in [-0.05, 0) is 56.7 Å². The average molecular weight is 508 g/mol. The van der Waals surface area contributed by atoms with Crippen LogP contribution in [0.1, 0.15) is 42.6 Å². The third kappa shape index (κ3) is 6.63. The van der Waals surface area contributed by atoms with Crippen LogP contribution < -0.4 is 4.74 Å². The highest BCUT2D eigenvalue weighted by Gasteiger charge is 2.28. The number of rotatable bonds is 9. The van der Waals surface area contributed by atoms with Gasteiger partial charge in [0.05, 0.1) is 23.4 Å². The van der Waals surface area contributed by atoms with Crippen molar-refractivity contribution in [3.63, 3.8) is 0 Å². The summed E-state index contributed by atoms with van der Waals surface area (Å²) in [6, 6.07) is 13.6. The molecule has 1 amide bonds. The number of aromatic nitrogens is 4. The Morgan fingerprint density at radius 2 is 1.95 bits per heavy atom. The van der Waals surface area contributed by atoms with Crippen LogP contribution in [0.15, 0.2) is 42.5 Å². The first-order chi connectivity index (χ1) is 17.8. The molecular formula is C27H33N5O5. The predicted octanol–water partition coefficient (Wildman–Crippen LogP) is 4.02. The number of carboxylic acids is 1. The SMILES string of the molecule is Cc1nc(-c2nnn(C)c2COC(=O)N(C)CCc2ccccc2)ccc1O[C@H]1CCC[C@H](C(=O)O)C1. The quantitative estimate of drug-likeness (QED) is 0.461. The van der Waals surface area contributed by atoms with Crippen molar-refractivity contribution in [3.05, 3.63) is 59.4 Å². The average Bonchev–Trinajstić information content (AvgIpc) is 3.27. The van der Waals surface area contributed by atoms with Crippen LogP contribution >= 0.6 is 0 Å². The Morgan fingerprint density at radius 3 is 2.68 bits per heavy atom. The lowest BCUT2D eigenvalue weighted by Crippen LogP contribution is -2.29. The molecule has 0 aliphatic heterocycles. The third-order valence-corrected chi connectivity index (χ3v) is 6.71. The number of aryl methyl sites for hydroxylation is 2. The number of nitrogens with zero attached hydrogens (tertiary/aromatic N) is 5. The van der Waals surface area contributed by atoms with Crippen LogP contribution in [-0.4, -0.2) is 61.7 Å². The van der Waals surface area contributed by atoms with Crippen LogP contribution in [0.3, 0.4) is 0 Å². The maximum atomic E-state index is 12.6. The standard InChI is InChI=1S/C27H33N5O5/c1-18-24(37-21-11-7-10-20(16-21)26(33)34)13-12-22(28-18)25-23(32(3)30-29-25)17-36-27(35)31(2)15-14-19-8-5-4-6-9-19/h4-6,8-9,12-13,20-21H,7,10-11,14-17H2,1-3H3,(H,33,34)/t20-,21-/m0/s1. The first-order valence-corrected chi connectivity index (χ1v) is 12.5. The molecule has 1 saturated carbocycles. The lowest BCUT2D eigenvalue weighted by Gasteiger charge is -2.27. The number of carbonyl (C=O) groups is 2. The van der Waals surface area contributed by atoms with Crippen LogP contribution in [0, 0.1) is 12.8 Å². The van der Waals surface area contributed by atoms with Gasteiger partial charge in [-0.2, -0.15) is 0 Å². The summed E-state index contributed by atoms with van der Waals surface area (Å²) in [4.78, 5) is 30.1. The van der Waals surface area contributed by atoms with Crippen LogP contribution in [0.4, 0.5) is 4.79 Å². The van der Waals surface area contributed by atoms with E-state index in [0.29, 0.717) is 47.9 Å². The molecule has 10 heteroatoms. The summed E-state index contributed by atoms with van der Waals surface area (Å²) in [6.07, 6.45) is 3.00. The minimum absolute atomic E-state index is 0.00493. The number of ether oxygens (including phenoxy) is 2. The molecule has 2 heterocycles. The van der Waals surface area contributed by atoms with E-state index in [9.17, 15) is 14.7 Å². The Morgan fingerprint density at radius 1 is 1.16 bits per heavy atom. The first-order valence-electron chi connectivity index (χ1n) is 12.5. The lowest BCUT2D eigenvalue weighted by molar-refractivity contribution is -0.143. The van der Waals surface area contributed by atoms with Gasteiger partial charge in [0.2, 0.25) is 0 Å². The van der Waals surface area contributed by atoms with Crippen molar-refractivity contribution in [2.75, 3.05) is 13.6 Å². The number of likely N-dealkylation sites (N-methyl/N-ethyl adjacent to an activating group) is 1. The minimum atomic E-state index is -0.767. The fourth-order valence-electron chi connectivity index (χ4n) is 4.47. The van der Waals surface area contributed by atoms with E-state index in [1.807, 2.05) is 43.3 Å². The van der Waals surface area contributed by atoms with Gasteiger partial charge in [0.25, 0.3) is 0 Å². The molecular weight excluding hydrogens is 474 g/mol. The van der Waals surface area contributed by atoms with E-state index in [0.717, 1.165) is 24.8 Å². The van der Waals surface area contributed by atoms with Crippen LogP contribution in [0.25, 0.3) is 11.4 Å². The molecule has 0 bridgehead atoms. The van der Waals surface area contributed by atoms with E-state index in [4.69, 9.17) is 9.47 Å². The van der Waals surface area contributed by atoms with E-state index in [2.05, 4.69) is 15.3 Å². The highest BCUT2D eigenvalue weighted by atomic mass is 16.6. The van der Waals surface area contributed by atoms with Crippen molar-refractivity contribution in [1.82, 2.24) is 24.9 Å². The van der Waals surface area contributed by atoms with Gasteiger partial charge >= 0.3 is 12.1 Å². The largest absolute Gasteiger partial charge is 0.489 e. The highest BCUT2D eigenvalue weighted by Crippen LogP contribution is 2.30. The van der Waals surface area contributed by atoms with Crippen LogP contribution in [0.5, 0.6) is 5.75 Å². The molecule has 0 spiro atoms. The fourth-order valence-corrected chi connectivity index (χ4v) is 4.47. The number of carbonyl (C=O) groups excluding carboxylic acids is 1. The third-order valence-electron chi connectivity index (χ3n) is 6.71. The van der Waals surface area contributed by atoms with Gasteiger partial charge in [0, 0.05) is 20.6 Å². The molecule has 0 radical (unpaired) electrons. The van der Waals surface area contributed by atoms with Crippen LogP contribution in [0.2, 0.25) is 0 Å². The van der Waals surface area contributed by atoms with Crippen molar-refractivity contribution < 1.29 is 24.2 Å². The van der Waals surface area contributed by atoms with Crippen molar-refractivity contribution in [1.29, 1.82) is 0 Å². The summed E-state index contributed by atoms with van der Waals surface area (Å²) >= 11 is 0. The molecule has 2 atom stereocenters. The van der Waals surface area contributed by atoms with Gasteiger partial charge in [-0.25, -0.2) is 14.5 Å². The lowest BCUT2D eigenvalue weighted by atomic mass is 9.87. The fraction of sp³-hybridized carbons (Fsp3) is 0.444. The zero-order valence-electron chi connectivity index (χ0n) is 21.5. The molecule has 1 N–H and O–H groups in total. The minimum Gasteiger partial charge on any atom is -0.489 e. The van der Waals surface area contributed by atoms with Gasteiger partial charge in [-0.3, -0.25) is 4.79 Å². The molecule has 37 heavy (non-hydrogen) atoms. The topological polar surface area (TPSA) is 120 Å². The molecule has 1 aromatic carbocycles. The summed E-state index contributed by atoms with van der Waals surface area (Å²) < 4.78 is 13.2. The van der Waals surface area contributed by atoms with E-state index in [1.165, 1.54) is 0 Å². The van der Waals surface area contributed by atoms with Gasteiger partial charge < -0.3 is 19.5 Å². The Labute approximate surface area is 216 Å². The van der Waals surface area contributed by atoms with Gasteiger partial charge in [0.15, 0.2) is 0 Å². The monoisotopic (exact) mass is 507 g/mol. The van der Waals surface area contributed by atoms with Gasteiger partial charge in [-0.1, -0.05) is 35.5 Å². The summed E-state index contributed by atoms with van der Waals surface area (Å²) in [5.41, 5.74) is 3.57. The second kappa shape index (κ2) is 11.9. The van der Waals surface area contributed by atoms with Crippen molar-refractivity contribution >= 4 is 12.1 Å². The maximum Gasteiger partial charge on any atom is 0.409 e. The first kappa shape index (κ1) is 26.1. The summed E-state index contributed by atoms with van der Waals surface area (Å²) in [7, 11) is 3.45. The van der Waals surface area contributed by atoms with Gasteiger partial charge in [-0.15, -0.1) is 5.10 Å². The number of amides is 1. The number of aliphatic carboxylic acids is 1. The molecule has 0 saturated heterocycles. The maximum absolute atomic E-state index is 12.6. The second-order valence-electron chi connectivity index (χ2n) is 9.44. The number of pyridine rings is 1. The Balaban J connectivity index is 1.38. The smallest absolute Gasteiger partial charge is 0.409 e. The number of hydrogen-bond donors (Lipinski definition) is 1. The molecule has 10 nitrogen and oxygen atoms in total. The number of carboxylic acid groups (broad SMARTS) is 1. The second-order valence-corrected chi connectivity index (χ2v) is 9.44. The summed E-state index contributed by atoms with van der Waals surface area (Å²) in [5.74, 6) is -0.512. The normalized spacial score (nSPS) is 17.3. The predicted molar refractivity (Wildman–Crippen MR) is 136 cm³/mol. The molecule has 1 fully saturated rings. The molecule has 1 aliphatic rings. The van der Waals surface area contributed by atoms with Crippen molar-refractivity contribution in [2.24, 2.45) is 13.0 Å². The zero-order chi connectivity index (χ0) is 26.4. The number of hydrogen-bond acceptors (Lipinski definition) is 7. The number of benzene rings is 1. The van der Waals surface area contributed by atoms with E-state index >= 15 is 0 Å². The molecule has 0 unspecified atom stereocenters. The van der Waals surface area contributed by atoms with Crippen molar-refractivity contribution in [3.8, 4) is 17.1 Å². The molecule has 196 valence electrons. The van der Waals surface area contributed by atoms with E-state index in [-0.39, 0.29) is 18.6 Å². The summed E-state index contributed by atoms with van der Waals surface area (Å²) in [6.45, 7) is 2.38. The zero-order valence-corrected chi connectivity index (χ0v) is 21.5. The van der Waals surface area contributed by atoms with Crippen LogP contribution in [-0.2, 0) is 29.6 Å². The van der Waals surface area contributed by atoms with Gasteiger partial charge in [0.1, 0.15) is 23.7 Å². The van der Waals surface area contributed by atoms with Crippen molar-refractivity contribution in [2.45, 2.75) is 51.7 Å². The van der Waals surface area contributed by atoms with E-state index < -0.39 is 12.1 Å². The molecule has 2 aromatic heterocycles. The highest BCUT2D eigenvalue weighted by molar-refractivity contribution is 5.70. The van der Waals surface area contributed by atoms with E-state index in [1.54, 1.807) is 29.7 Å². The molecule has 1 aliphatic carbocycles.